The zero-order valence-corrected chi connectivity index (χ0v) is 11.5. The Morgan fingerprint density at radius 1 is 1.42 bits per heavy atom. The number of anilines is 1. The third kappa shape index (κ3) is 5.13. The Kier molecular flexibility index (Phi) is 6.08. The highest BCUT2D eigenvalue weighted by atomic mass is 16.6. The van der Waals surface area contributed by atoms with Crippen molar-refractivity contribution in [3.05, 3.63) is 28.3 Å². The summed E-state index contributed by atoms with van der Waals surface area (Å²) in [6, 6.07) is 4.79. The number of ether oxygens (including phenoxy) is 2. The largest absolute Gasteiger partial charge is 0.484 e. The standard InChI is InChI=1S/C13H20N2O4/c1-10(2)19-13-9-11(14-7-4-8-18-3)5-6-12(13)15(16)17/h5-6,9-10,14H,4,7-8H2,1-3H3. The van der Waals surface area contributed by atoms with Gasteiger partial charge in [-0.3, -0.25) is 10.1 Å². The van der Waals surface area contributed by atoms with Crippen LogP contribution >= 0.6 is 0 Å². The van der Waals surface area contributed by atoms with E-state index in [0.29, 0.717) is 6.61 Å². The third-order valence-electron chi connectivity index (χ3n) is 2.37. The second-order valence-corrected chi connectivity index (χ2v) is 4.38. The number of nitrogens with one attached hydrogen (secondary N) is 1. The molecule has 1 aromatic rings. The molecule has 106 valence electrons. The molecule has 0 unspecified atom stereocenters. The van der Waals surface area contributed by atoms with Gasteiger partial charge >= 0.3 is 5.69 Å². The monoisotopic (exact) mass is 268 g/mol. The number of benzene rings is 1. The Labute approximate surface area is 112 Å². The van der Waals surface area contributed by atoms with Crippen molar-refractivity contribution in [1.82, 2.24) is 0 Å². The van der Waals surface area contributed by atoms with Gasteiger partial charge < -0.3 is 14.8 Å². The minimum Gasteiger partial charge on any atom is -0.484 e. The van der Waals surface area contributed by atoms with E-state index < -0.39 is 4.92 Å². The molecular weight excluding hydrogens is 248 g/mol. The summed E-state index contributed by atoms with van der Waals surface area (Å²) >= 11 is 0. The Hall–Kier alpha value is -1.82. The van der Waals surface area contributed by atoms with Gasteiger partial charge in [0.05, 0.1) is 11.0 Å². The van der Waals surface area contributed by atoms with Crippen molar-refractivity contribution in [3.8, 4) is 5.75 Å². The van der Waals surface area contributed by atoms with Crippen LogP contribution in [0.3, 0.4) is 0 Å². The molecule has 0 aliphatic heterocycles. The summed E-state index contributed by atoms with van der Waals surface area (Å²) < 4.78 is 10.4. The Balaban J connectivity index is 2.76. The first-order valence-electron chi connectivity index (χ1n) is 6.22. The number of nitro groups is 1. The molecule has 19 heavy (non-hydrogen) atoms. The molecule has 6 heteroatoms. The van der Waals surface area contributed by atoms with E-state index in [0.717, 1.165) is 18.7 Å². The molecule has 0 saturated heterocycles. The van der Waals surface area contributed by atoms with Gasteiger partial charge in [0, 0.05) is 38.1 Å². The molecule has 0 spiro atoms. The van der Waals surface area contributed by atoms with Gasteiger partial charge in [0.15, 0.2) is 5.75 Å². The average Bonchev–Trinajstić information content (AvgIpc) is 2.34. The molecule has 0 atom stereocenters. The maximum atomic E-state index is 10.9. The minimum absolute atomic E-state index is 0.0175. The molecule has 6 nitrogen and oxygen atoms in total. The molecule has 1 rings (SSSR count). The number of nitro benzene ring substituents is 1. The van der Waals surface area contributed by atoms with Crippen molar-refractivity contribution >= 4 is 11.4 Å². The van der Waals surface area contributed by atoms with Crippen LogP contribution in [0.4, 0.5) is 11.4 Å². The van der Waals surface area contributed by atoms with Gasteiger partial charge in [0.25, 0.3) is 0 Å². The SMILES string of the molecule is COCCCNc1ccc([N+](=O)[O-])c(OC(C)C)c1. The molecule has 0 radical (unpaired) electrons. The summed E-state index contributed by atoms with van der Waals surface area (Å²) in [7, 11) is 1.65. The lowest BCUT2D eigenvalue weighted by Crippen LogP contribution is -2.09. The van der Waals surface area contributed by atoms with Gasteiger partial charge in [-0.05, 0) is 26.3 Å². The fraction of sp³-hybridized carbons (Fsp3) is 0.538. The van der Waals surface area contributed by atoms with E-state index >= 15 is 0 Å². The molecule has 0 aliphatic carbocycles. The fourth-order valence-electron chi connectivity index (χ4n) is 1.57. The second kappa shape index (κ2) is 7.58. The molecule has 1 N–H and O–H groups in total. The summed E-state index contributed by atoms with van der Waals surface area (Å²) in [4.78, 5) is 10.5. The molecule has 0 saturated carbocycles. The second-order valence-electron chi connectivity index (χ2n) is 4.38. The van der Waals surface area contributed by atoms with Gasteiger partial charge in [-0.15, -0.1) is 0 Å². The molecule has 0 aromatic heterocycles. The highest BCUT2D eigenvalue weighted by Crippen LogP contribution is 2.30. The number of hydrogen-bond donors (Lipinski definition) is 1. The topological polar surface area (TPSA) is 73.6 Å². The lowest BCUT2D eigenvalue weighted by atomic mass is 10.2. The molecule has 0 fully saturated rings. The number of nitrogens with zero attached hydrogens (tertiary/aromatic N) is 1. The molecule has 0 bridgehead atoms. The fourth-order valence-corrected chi connectivity index (χ4v) is 1.57. The van der Waals surface area contributed by atoms with Crippen LogP contribution in [0, 0.1) is 10.1 Å². The predicted octanol–water partition coefficient (Wildman–Crippen LogP) is 2.83. The van der Waals surface area contributed by atoms with Gasteiger partial charge in [0.2, 0.25) is 0 Å². The molecule has 0 amide bonds. The van der Waals surface area contributed by atoms with E-state index in [1.54, 1.807) is 19.2 Å². The first-order chi connectivity index (χ1) is 9.04. The lowest BCUT2D eigenvalue weighted by Gasteiger charge is -2.12. The molecule has 0 heterocycles. The van der Waals surface area contributed by atoms with Gasteiger partial charge in [-0.25, -0.2) is 0 Å². The summed E-state index contributed by atoms with van der Waals surface area (Å²) in [5.41, 5.74) is 0.786. The first-order valence-corrected chi connectivity index (χ1v) is 6.22. The van der Waals surface area contributed by atoms with Crippen molar-refractivity contribution < 1.29 is 14.4 Å². The maximum absolute atomic E-state index is 10.9. The van der Waals surface area contributed by atoms with Crippen LogP contribution in [-0.4, -0.2) is 31.3 Å². The van der Waals surface area contributed by atoms with Crippen LogP contribution in [-0.2, 0) is 4.74 Å². The summed E-state index contributed by atoms with van der Waals surface area (Å²) in [6.45, 7) is 5.09. The Bertz CT molecular complexity index is 421. The molecule has 0 aliphatic rings. The van der Waals surface area contributed by atoms with E-state index in [9.17, 15) is 10.1 Å². The first kappa shape index (κ1) is 15.2. The van der Waals surface area contributed by atoms with Crippen LogP contribution in [0.2, 0.25) is 0 Å². The number of methoxy groups -OCH3 is 1. The number of rotatable bonds is 8. The zero-order chi connectivity index (χ0) is 14.3. The minimum atomic E-state index is -0.438. The summed E-state index contributed by atoms with van der Waals surface area (Å²) in [6.07, 6.45) is 0.760. The van der Waals surface area contributed by atoms with Crippen molar-refractivity contribution in [2.45, 2.75) is 26.4 Å². The average molecular weight is 268 g/mol. The number of hydrogen-bond acceptors (Lipinski definition) is 5. The lowest BCUT2D eigenvalue weighted by molar-refractivity contribution is -0.386. The summed E-state index contributed by atoms with van der Waals surface area (Å²) in [5.74, 6) is 0.289. The Morgan fingerprint density at radius 3 is 2.74 bits per heavy atom. The normalized spacial score (nSPS) is 10.5. The third-order valence-corrected chi connectivity index (χ3v) is 2.37. The van der Waals surface area contributed by atoms with Crippen molar-refractivity contribution in [2.75, 3.05) is 25.6 Å². The van der Waals surface area contributed by atoms with E-state index in [1.165, 1.54) is 6.07 Å². The van der Waals surface area contributed by atoms with Crippen molar-refractivity contribution in [1.29, 1.82) is 0 Å². The van der Waals surface area contributed by atoms with Crippen LogP contribution in [0.1, 0.15) is 20.3 Å². The highest BCUT2D eigenvalue weighted by Gasteiger charge is 2.16. The molecular formula is C13H20N2O4. The molecule has 1 aromatic carbocycles. The summed E-state index contributed by atoms with van der Waals surface area (Å²) in [5, 5.41) is 14.1. The van der Waals surface area contributed by atoms with Crippen LogP contribution in [0.25, 0.3) is 0 Å². The van der Waals surface area contributed by atoms with Crippen LogP contribution < -0.4 is 10.1 Å². The van der Waals surface area contributed by atoms with Crippen molar-refractivity contribution in [3.63, 3.8) is 0 Å². The van der Waals surface area contributed by atoms with E-state index in [-0.39, 0.29) is 17.5 Å². The highest BCUT2D eigenvalue weighted by molar-refractivity contribution is 5.58. The zero-order valence-electron chi connectivity index (χ0n) is 11.5. The van der Waals surface area contributed by atoms with Crippen molar-refractivity contribution in [2.24, 2.45) is 0 Å². The van der Waals surface area contributed by atoms with Gasteiger partial charge in [0.1, 0.15) is 0 Å². The quantitative estimate of drug-likeness (QED) is 0.446. The van der Waals surface area contributed by atoms with E-state index in [4.69, 9.17) is 9.47 Å². The predicted molar refractivity (Wildman–Crippen MR) is 73.8 cm³/mol. The van der Waals surface area contributed by atoms with Crippen LogP contribution in [0.15, 0.2) is 18.2 Å². The van der Waals surface area contributed by atoms with Gasteiger partial charge in [-0.2, -0.15) is 0 Å². The van der Waals surface area contributed by atoms with E-state index in [2.05, 4.69) is 5.32 Å². The smallest absolute Gasteiger partial charge is 0.311 e. The van der Waals surface area contributed by atoms with Gasteiger partial charge in [-0.1, -0.05) is 0 Å². The van der Waals surface area contributed by atoms with Crippen LogP contribution in [0.5, 0.6) is 5.75 Å². The van der Waals surface area contributed by atoms with E-state index in [1.807, 2.05) is 13.8 Å². The Morgan fingerprint density at radius 2 is 2.16 bits per heavy atom. The maximum Gasteiger partial charge on any atom is 0.311 e.